The number of aliphatic hydroxyl groups is 1. The monoisotopic (exact) mass is 542 g/mol. The van der Waals surface area contributed by atoms with Gasteiger partial charge in [-0.2, -0.15) is 10.4 Å². The Hall–Kier alpha value is -3.43. The lowest BCUT2D eigenvalue weighted by atomic mass is 9.90. The minimum atomic E-state index is -1.86. The maximum Gasteiger partial charge on any atom is 0.239 e. The molecule has 2 heterocycles. The largest absolute Gasteiger partial charge is 0.382 e. The van der Waals surface area contributed by atoms with Gasteiger partial charge in [-0.15, -0.1) is 0 Å². The molecule has 11 heteroatoms. The van der Waals surface area contributed by atoms with Gasteiger partial charge in [0.2, 0.25) is 5.12 Å². The molecule has 198 valence electrons. The first-order valence-electron chi connectivity index (χ1n) is 11.8. The lowest BCUT2D eigenvalue weighted by Gasteiger charge is -2.41. The molecule has 3 aromatic rings. The summed E-state index contributed by atoms with van der Waals surface area (Å²) in [6.07, 6.45) is 9.72. The van der Waals surface area contributed by atoms with Gasteiger partial charge in [-0.05, 0) is 37.6 Å². The van der Waals surface area contributed by atoms with Crippen LogP contribution < -0.4 is 0 Å². The van der Waals surface area contributed by atoms with Gasteiger partial charge in [0.05, 0.1) is 31.4 Å². The molecule has 0 bridgehead atoms. The van der Waals surface area contributed by atoms with Crippen molar-refractivity contribution in [2.45, 2.75) is 35.9 Å². The number of rotatable bonds is 9. The number of nitriles is 1. The van der Waals surface area contributed by atoms with Crippen LogP contribution in [0.2, 0.25) is 0 Å². The van der Waals surface area contributed by atoms with E-state index in [0.29, 0.717) is 25.2 Å². The zero-order valence-corrected chi connectivity index (χ0v) is 21.2. The van der Waals surface area contributed by atoms with Crippen molar-refractivity contribution in [2.24, 2.45) is 0 Å². The second-order valence-corrected chi connectivity index (χ2v) is 10.1. The highest BCUT2D eigenvalue weighted by molar-refractivity contribution is 8.01. The second-order valence-electron chi connectivity index (χ2n) is 8.62. The number of halogens is 3. The van der Waals surface area contributed by atoms with Crippen molar-refractivity contribution < 1.29 is 27.8 Å². The highest BCUT2D eigenvalue weighted by atomic mass is 32.2. The van der Waals surface area contributed by atoms with Gasteiger partial charge in [-0.3, -0.25) is 0 Å². The summed E-state index contributed by atoms with van der Waals surface area (Å²) in [4.78, 5) is 3.89. The minimum absolute atomic E-state index is 0.111. The van der Waals surface area contributed by atoms with Crippen molar-refractivity contribution in [1.82, 2.24) is 14.8 Å². The van der Waals surface area contributed by atoms with E-state index < -0.39 is 33.4 Å². The molecule has 1 aliphatic rings. The topological polar surface area (TPSA) is 93.2 Å². The molecule has 2 aromatic carbocycles. The Bertz CT molecular complexity index is 1350. The van der Waals surface area contributed by atoms with E-state index in [1.165, 1.54) is 41.6 Å². The molecule has 0 spiro atoms. The van der Waals surface area contributed by atoms with Crippen LogP contribution in [-0.2, 0) is 21.6 Å². The van der Waals surface area contributed by atoms with Gasteiger partial charge in [0.25, 0.3) is 0 Å². The van der Waals surface area contributed by atoms with E-state index in [2.05, 4.69) is 10.1 Å². The summed E-state index contributed by atoms with van der Waals surface area (Å²) in [7, 11) is 0. The van der Waals surface area contributed by atoms with E-state index in [-0.39, 0.29) is 17.7 Å². The number of nitrogens with zero attached hydrogens (tertiary/aromatic N) is 4. The van der Waals surface area contributed by atoms with Crippen molar-refractivity contribution >= 4 is 17.8 Å². The fourth-order valence-corrected chi connectivity index (χ4v) is 5.33. The van der Waals surface area contributed by atoms with Crippen LogP contribution in [0.1, 0.15) is 30.0 Å². The molecular weight excluding hydrogens is 517 g/mol. The van der Waals surface area contributed by atoms with Gasteiger partial charge in [0.15, 0.2) is 0 Å². The lowest BCUT2D eigenvalue weighted by molar-refractivity contribution is -0.176. The fourth-order valence-electron chi connectivity index (χ4n) is 3.98. The summed E-state index contributed by atoms with van der Waals surface area (Å²) in [6, 6.07) is 9.06. The number of ether oxygens (including phenoxy) is 2. The molecule has 1 aliphatic heterocycles. The van der Waals surface area contributed by atoms with E-state index in [0.717, 1.165) is 30.0 Å². The fraction of sp³-hybridized carbons (Fsp3) is 0.296. The summed E-state index contributed by atoms with van der Waals surface area (Å²) >= 11 is 1.11. The van der Waals surface area contributed by atoms with Crippen molar-refractivity contribution in [2.75, 3.05) is 13.2 Å². The Morgan fingerprint density at radius 2 is 1.97 bits per heavy atom. The molecule has 7 nitrogen and oxygen atoms in total. The SMILES string of the molecule is C[C@@H](SC1(/C=C/C=C/c2ccc(C#N)cc2F)OCCCO1)[C@](O)(Cn1cncn1)c1ccc(F)cc1F. The Morgan fingerprint density at radius 1 is 1.18 bits per heavy atom. The van der Waals surface area contributed by atoms with Crippen LogP contribution in [0.15, 0.2) is 67.3 Å². The van der Waals surface area contributed by atoms with Gasteiger partial charge in [-0.25, -0.2) is 22.8 Å². The number of benzene rings is 2. The quantitative estimate of drug-likeness (QED) is 0.383. The molecule has 1 fully saturated rings. The molecule has 1 saturated heterocycles. The molecule has 2 atom stereocenters. The molecule has 0 saturated carbocycles. The zero-order valence-electron chi connectivity index (χ0n) is 20.4. The maximum atomic E-state index is 14.9. The van der Waals surface area contributed by atoms with Crippen LogP contribution in [0.3, 0.4) is 0 Å². The van der Waals surface area contributed by atoms with Gasteiger partial charge < -0.3 is 14.6 Å². The third-order valence-electron chi connectivity index (χ3n) is 5.99. The summed E-state index contributed by atoms with van der Waals surface area (Å²) in [5.74, 6) is -2.20. The van der Waals surface area contributed by atoms with Crippen LogP contribution in [0.4, 0.5) is 13.2 Å². The van der Waals surface area contributed by atoms with Gasteiger partial charge >= 0.3 is 0 Å². The first-order valence-corrected chi connectivity index (χ1v) is 12.6. The second kappa shape index (κ2) is 12.0. The van der Waals surface area contributed by atoms with Gasteiger partial charge in [0, 0.05) is 22.4 Å². The Kier molecular flexibility index (Phi) is 8.69. The predicted molar refractivity (Wildman–Crippen MR) is 136 cm³/mol. The van der Waals surface area contributed by atoms with Crippen LogP contribution in [0.25, 0.3) is 6.08 Å². The molecule has 1 aromatic heterocycles. The third-order valence-corrected chi connectivity index (χ3v) is 7.44. The average Bonchev–Trinajstić information content (AvgIpc) is 3.40. The summed E-state index contributed by atoms with van der Waals surface area (Å²) in [6.45, 7) is 2.28. The number of hydrogen-bond donors (Lipinski definition) is 1. The molecule has 38 heavy (non-hydrogen) atoms. The van der Waals surface area contributed by atoms with E-state index in [9.17, 15) is 18.3 Å². The van der Waals surface area contributed by atoms with Crippen LogP contribution in [0, 0.1) is 28.8 Å². The summed E-state index contributed by atoms with van der Waals surface area (Å²) < 4.78 is 56.1. The molecular formula is C27H25F3N4O3S. The van der Waals surface area contributed by atoms with Crippen LogP contribution in [0.5, 0.6) is 0 Å². The van der Waals surface area contributed by atoms with E-state index >= 15 is 0 Å². The number of hydrogen-bond acceptors (Lipinski definition) is 7. The van der Waals surface area contributed by atoms with Crippen molar-refractivity contribution in [3.05, 3.63) is 101 Å². The normalized spacial score (nSPS) is 17.9. The highest BCUT2D eigenvalue weighted by Gasteiger charge is 2.45. The predicted octanol–water partition coefficient (Wildman–Crippen LogP) is 4.94. The summed E-state index contributed by atoms with van der Waals surface area (Å²) in [5.41, 5.74) is -1.45. The third kappa shape index (κ3) is 6.34. The number of allylic oxidation sites excluding steroid dienone is 2. The standard InChI is InChI=1S/C27H25F3N4O3S/c1-19(26(35,16-34-18-32-17-33-34)23-9-8-22(28)14-25(23)30)38-27(36-11-4-12-37-27)10-3-2-5-21-7-6-20(15-31)13-24(21)29/h2-3,5-10,13-14,17-19,35H,4,11-12,16H2,1H3/b5-2+,10-3+/t19-,26-/m1/s1. The molecule has 0 amide bonds. The Labute approximate surface area is 222 Å². The minimum Gasteiger partial charge on any atom is -0.382 e. The maximum absolute atomic E-state index is 14.9. The van der Waals surface area contributed by atoms with E-state index in [1.54, 1.807) is 25.2 Å². The first-order chi connectivity index (χ1) is 18.2. The average molecular weight is 543 g/mol. The van der Waals surface area contributed by atoms with Gasteiger partial charge in [-0.1, -0.05) is 42.1 Å². The Balaban J connectivity index is 1.61. The van der Waals surface area contributed by atoms with Crippen molar-refractivity contribution in [1.29, 1.82) is 5.26 Å². The molecule has 0 unspecified atom stereocenters. The first kappa shape index (κ1) is 27.6. The molecule has 4 rings (SSSR count). The van der Waals surface area contributed by atoms with Crippen LogP contribution >= 0.6 is 11.8 Å². The van der Waals surface area contributed by atoms with Crippen molar-refractivity contribution in [3.63, 3.8) is 0 Å². The molecule has 0 aliphatic carbocycles. The Morgan fingerprint density at radius 3 is 2.63 bits per heavy atom. The summed E-state index contributed by atoms with van der Waals surface area (Å²) in [5, 5.41) is 22.7. The molecule has 0 radical (unpaired) electrons. The lowest BCUT2D eigenvalue weighted by Crippen LogP contribution is -2.46. The van der Waals surface area contributed by atoms with E-state index in [4.69, 9.17) is 14.7 Å². The number of thioether (sulfide) groups is 1. The van der Waals surface area contributed by atoms with Gasteiger partial charge in [0.1, 0.15) is 35.7 Å². The number of aromatic nitrogens is 3. The zero-order chi connectivity index (χ0) is 27.2. The van der Waals surface area contributed by atoms with Crippen molar-refractivity contribution in [3.8, 4) is 6.07 Å². The smallest absolute Gasteiger partial charge is 0.239 e. The van der Waals surface area contributed by atoms with E-state index in [1.807, 2.05) is 6.07 Å². The molecule has 1 N–H and O–H groups in total. The highest BCUT2D eigenvalue weighted by Crippen LogP contribution is 2.44. The van der Waals surface area contributed by atoms with Crippen LogP contribution in [-0.4, -0.2) is 43.5 Å².